The predicted molar refractivity (Wildman–Crippen MR) is 87.1 cm³/mol. The number of rotatable bonds is 4. The molecule has 1 aromatic carbocycles. The number of aryl methyl sites for hydroxylation is 1. The Morgan fingerprint density at radius 3 is 2.59 bits per heavy atom. The number of benzene rings is 1. The number of carbonyl (C=O) groups is 2. The van der Waals surface area contributed by atoms with Crippen LogP contribution in [-0.4, -0.2) is 40.1 Å². The topological polar surface area (TPSA) is 67.2 Å². The van der Waals surface area contributed by atoms with Crippen molar-refractivity contribution in [1.29, 1.82) is 0 Å². The highest BCUT2D eigenvalue weighted by Gasteiger charge is 2.45. The molecule has 0 bridgehead atoms. The maximum absolute atomic E-state index is 13.8. The van der Waals surface area contributed by atoms with E-state index in [1.807, 2.05) is 0 Å². The average Bonchev–Trinajstić information content (AvgIpc) is 3.11. The number of halogens is 4. The molecule has 2 atom stereocenters. The minimum absolute atomic E-state index is 0.0997. The number of likely N-dealkylation sites (N-methyl/N-ethyl adjacent to an activating group) is 1. The van der Waals surface area contributed by atoms with Gasteiger partial charge in [-0.2, -0.15) is 13.9 Å². The maximum Gasteiger partial charge on any atom is 0.333 e. The van der Waals surface area contributed by atoms with Gasteiger partial charge in [0, 0.05) is 31.3 Å². The van der Waals surface area contributed by atoms with E-state index in [0.29, 0.717) is 10.7 Å². The van der Waals surface area contributed by atoms with Gasteiger partial charge in [-0.05, 0) is 25.1 Å². The summed E-state index contributed by atoms with van der Waals surface area (Å²) in [7, 11) is 1.47. The van der Waals surface area contributed by atoms with Crippen LogP contribution in [0.5, 0.6) is 0 Å². The van der Waals surface area contributed by atoms with Gasteiger partial charge in [-0.15, -0.1) is 0 Å². The van der Waals surface area contributed by atoms with Gasteiger partial charge in [0.2, 0.25) is 11.8 Å². The number of amides is 2. The smallest absolute Gasteiger partial charge is 0.333 e. The van der Waals surface area contributed by atoms with Crippen molar-refractivity contribution >= 4 is 17.5 Å². The second-order valence-electron chi connectivity index (χ2n) is 6.35. The standard InChI is InChI=1S/C17H16F4N4O2/c1-8-5-13(23-25(8)17(20)21)10-7-24(2)16(27)14(10)15(26)22-12-4-3-9(18)6-11(12)19/h3-6,10,14,17H,7H2,1-2H3,(H,22,26). The first-order valence-electron chi connectivity index (χ1n) is 8.04. The van der Waals surface area contributed by atoms with Gasteiger partial charge in [-0.25, -0.2) is 13.5 Å². The first kappa shape index (κ1) is 18.9. The minimum atomic E-state index is -2.85. The molecule has 1 N–H and O–H groups in total. The molecule has 6 nitrogen and oxygen atoms in total. The van der Waals surface area contributed by atoms with Crippen LogP contribution >= 0.6 is 0 Å². The molecule has 0 aliphatic carbocycles. The number of anilines is 1. The number of nitrogens with zero attached hydrogens (tertiary/aromatic N) is 3. The van der Waals surface area contributed by atoms with Gasteiger partial charge >= 0.3 is 6.55 Å². The van der Waals surface area contributed by atoms with Gasteiger partial charge in [0.1, 0.15) is 17.6 Å². The van der Waals surface area contributed by atoms with E-state index in [4.69, 9.17) is 0 Å². The van der Waals surface area contributed by atoms with E-state index >= 15 is 0 Å². The van der Waals surface area contributed by atoms with Crippen molar-refractivity contribution < 1.29 is 27.2 Å². The summed E-state index contributed by atoms with van der Waals surface area (Å²) in [6, 6.07) is 3.99. The molecular weight excluding hydrogens is 368 g/mol. The fraction of sp³-hybridized carbons (Fsp3) is 0.353. The zero-order valence-electron chi connectivity index (χ0n) is 14.4. The summed E-state index contributed by atoms with van der Waals surface area (Å²) in [5, 5.41) is 6.08. The van der Waals surface area contributed by atoms with Crippen LogP contribution in [0.1, 0.15) is 23.9 Å². The molecule has 2 aromatic rings. The molecule has 1 saturated heterocycles. The highest BCUT2D eigenvalue weighted by atomic mass is 19.3. The van der Waals surface area contributed by atoms with Crippen LogP contribution in [0, 0.1) is 24.5 Å². The lowest BCUT2D eigenvalue weighted by molar-refractivity contribution is -0.135. The fourth-order valence-corrected chi connectivity index (χ4v) is 3.15. The van der Waals surface area contributed by atoms with Gasteiger partial charge in [0.25, 0.3) is 0 Å². The summed E-state index contributed by atoms with van der Waals surface area (Å²) in [6.45, 7) is -1.32. The summed E-state index contributed by atoms with van der Waals surface area (Å²) >= 11 is 0. The largest absolute Gasteiger partial charge is 0.344 e. The molecule has 1 aliphatic heterocycles. The van der Waals surface area contributed by atoms with Crippen LogP contribution in [0.2, 0.25) is 0 Å². The molecule has 0 radical (unpaired) electrons. The molecule has 27 heavy (non-hydrogen) atoms. The first-order valence-corrected chi connectivity index (χ1v) is 8.04. The number of alkyl halides is 2. The number of nitrogens with one attached hydrogen (secondary N) is 1. The monoisotopic (exact) mass is 384 g/mol. The predicted octanol–water partition coefficient (Wildman–Crippen LogP) is 2.68. The molecule has 10 heteroatoms. The Bertz CT molecular complexity index is 899. The number of aromatic nitrogens is 2. The molecule has 2 heterocycles. The van der Waals surface area contributed by atoms with Crippen molar-refractivity contribution in [3.05, 3.63) is 47.3 Å². The Labute approximate surface area is 151 Å². The number of hydrogen-bond donors (Lipinski definition) is 1. The van der Waals surface area contributed by atoms with E-state index in [9.17, 15) is 27.2 Å². The lowest BCUT2D eigenvalue weighted by Gasteiger charge is -2.15. The van der Waals surface area contributed by atoms with Crippen molar-refractivity contribution in [3.8, 4) is 0 Å². The second kappa shape index (κ2) is 7.01. The molecule has 1 aromatic heterocycles. The Balaban J connectivity index is 1.90. The Morgan fingerprint density at radius 2 is 2.00 bits per heavy atom. The summed E-state index contributed by atoms with van der Waals surface area (Å²) in [4.78, 5) is 26.3. The van der Waals surface area contributed by atoms with Gasteiger partial charge in [0.05, 0.1) is 11.4 Å². The van der Waals surface area contributed by atoms with Crippen molar-refractivity contribution in [3.63, 3.8) is 0 Å². The van der Waals surface area contributed by atoms with Crippen LogP contribution in [0.15, 0.2) is 24.3 Å². The van der Waals surface area contributed by atoms with Crippen LogP contribution < -0.4 is 5.32 Å². The lowest BCUT2D eigenvalue weighted by atomic mass is 9.91. The third-order valence-electron chi connectivity index (χ3n) is 4.49. The Morgan fingerprint density at radius 1 is 1.30 bits per heavy atom. The lowest BCUT2D eigenvalue weighted by Crippen LogP contribution is -2.33. The molecule has 0 spiro atoms. The third kappa shape index (κ3) is 3.51. The summed E-state index contributed by atoms with van der Waals surface area (Å²) < 4.78 is 53.2. The molecule has 0 saturated carbocycles. The Kier molecular flexibility index (Phi) is 4.90. The molecule has 2 unspecified atom stereocenters. The van der Waals surface area contributed by atoms with Crippen LogP contribution in [0.4, 0.5) is 23.2 Å². The van der Waals surface area contributed by atoms with Gasteiger partial charge < -0.3 is 10.2 Å². The van der Waals surface area contributed by atoms with Crippen molar-refractivity contribution in [1.82, 2.24) is 14.7 Å². The highest BCUT2D eigenvalue weighted by Crippen LogP contribution is 2.34. The molecule has 144 valence electrons. The van der Waals surface area contributed by atoms with Gasteiger partial charge in [0.15, 0.2) is 0 Å². The Hall–Kier alpha value is -2.91. The normalized spacial score (nSPS) is 19.8. The average molecular weight is 384 g/mol. The first-order chi connectivity index (χ1) is 12.7. The number of carbonyl (C=O) groups excluding carboxylic acids is 2. The van der Waals surface area contributed by atoms with Crippen LogP contribution in [0.3, 0.4) is 0 Å². The maximum atomic E-state index is 13.8. The van der Waals surface area contributed by atoms with Crippen LogP contribution in [-0.2, 0) is 9.59 Å². The quantitative estimate of drug-likeness (QED) is 0.651. The van der Waals surface area contributed by atoms with Gasteiger partial charge in [-0.1, -0.05) is 0 Å². The molecule has 1 aliphatic rings. The second-order valence-corrected chi connectivity index (χ2v) is 6.35. The van der Waals surface area contributed by atoms with E-state index < -0.39 is 41.8 Å². The van der Waals surface area contributed by atoms with E-state index in [-0.39, 0.29) is 23.6 Å². The minimum Gasteiger partial charge on any atom is -0.344 e. The van der Waals surface area contributed by atoms with E-state index in [1.165, 1.54) is 24.9 Å². The number of hydrogen-bond acceptors (Lipinski definition) is 3. The molecule has 2 amide bonds. The molecular formula is C17H16F4N4O2. The zero-order valence-corrected chi connectivity index (χ0v) is 14.4. The summed E-state index contributed by atoms with van der Waals surface area (Å²) in [5.41, 5.74) is 0.0766. The van der Waals surface area contributed by atoms with E-state index in [1.54, 1.807) is 0 Å². The van der Waals surface area contributed by atoms with E-state index in [0.717, 1.165) is 12.1 Å². The third-order valence-corrected chi connectivity index (χ3v) is 4.49. The van der Waals surface area contributed by atoms with Crippen molar-refractivity contribution in [2.24, 2.45) is 5.92 Å². The van der Waals surface area contributed by atoms with Gasteiger partial charge in [-0.3, -0.25) is 9.59 Å². The SMILES string of the molecule is Cc1cc(C2CN(C)C(=O)C2C(=O)Nc2ccc(F)cc2F)nn1C(F)F. The molecule has 1 fully saturated rings. The van der Waals surface area contributed by atoms with E-state index in [2.05, 4.69) is 10.4 Å². The fourth-order valence-electron chi connectivity index (χ4n) is 3.15. The zero-order chi connectivity index (χ0) is 19.9. The van der Waals surface area contributed by atoms with Crippen LogP contribution in [0.25, 0.3) is 0 Å². The van der Waals surface area contributed by atoms with Crippen molar-refractivity contribution in [2.75, 3.05) is 18.9 Å². The van der Waals surface area contributed by atoms with Crippen molar-refractivity contribution in [2.45, 2.75) is 19.4 Å². The highest BCUT2D eigenvalue weighted by molar-refractivity contribution is 6.08. The number of likely N-dealkylation sites (tertiary alicyclic amines) is 1. The summed E-state index contributed by atoms with van der Waals surface area (Å²) in [5.74, 6) is -5.19. The molecule has 3 rings (SSSR count). The summed E-state index contributed by atoms with van der Waals surface area (Å²) in [6.07, 6.45) is 0.